The van der Waals surface area contributed by atoms with Crippen molar-refractivity contribution in [2.75, 3.05) is 41.0 Å². The molecule has 0 aliphatic rings. The Morgan fingerprint density at radius 2 is 0.836 bits per heavy atom. The minimum Gasteiger partial charge on any atom is -0.477 e. The number of esters is 2. The molecule has 0 aromatic heterocycles. The highest BCUT2D eigenvalue weighted by Crippen LogP contribution is 2.15. The first-order valence-corrected chi connectivity index (χ1v) is 27.5. The number of hydrogen-bond acceptors (Lipinski definition) is 6. The molecule has 0 amide bonds. The topological polar surface area (TPSA) is 99.1 Å². The molecule has 0 aromatic carbocycles. The Kier molecular flexibility index (Phi) is 46.8. The van der Waals surface area contributed by atoms with Gasteiger partial charge in [-0.1, -0.05) is 202 Å². The maximum atomic E-state index is 12.8. The summed E-state index contributed by atoms with van der Waals surface area (Å²) in [6.45, 7) is 4.63. The molecule has 8 heteroatoms. The molecule has 0 saturated carbocycles. The number of carbonyl (C=O) groups is 3. The van der Waals surface area contributed by atoms with Gasteiger partial charge in [0, 0.05) is 19.3 Å². The van der Waals surface area contributed by atoms with Crippen LogP contribution in [-0.4, -0.2) is 80.6 Å². The highest BCUT2D eigenvalue weighted by molar-refractivity contribution is 5.72. The number of carboxylic acids is 1. The van der Waals surface area contributed by atoms with Crippen LogP contribution in [0, 0.1) is 0 Å². The van der Waals surface area contributed by atoms with Crippen molar-refractivity contribution in [1.82, 2.24) is 0 Å². The van der Waals surface area contributed by atoms with Crippen LogP contribution >= 0.6 is 0 Å². The Labute approximate surface area is 412 Å². The van der Waals surface area contributed by atoms with E-state index >= 15 is 0 Å². The van der Waals surface area contributed by atoms with E-state index in [-0.39, 0.29) is 36.2 Å². The summed E-state index contributed by atoms with van der Waals surface area (Å²) in [5.74, 6) is -1.48. The summed E-state index contributed by atoms with van der Waals surface area (Å²) in [6.07, 6.45) is 63.8. The summed E-state index contributed by atoms with van der Waals surface area (Å²) >= 11 is 0. The lowest BCUT2D eigenvalue weighted by Gasteiger charge is -2.31. The number of carbonyl (C=O) groups excluding carboxylic acids is 2. The van der Waals surface area contributed by atoms with E-state index < -0.39 is 18.1 Å². The Morgan fingerprint density at radius 1 is 0.463 bits per heavy atom. The lowest BCUT2D eigenvalue weighted by Crippen LogP contribution is -2.50. The maximum absolute atomic E-state index is 12.8. The van der Waals surface area contributed by atoms with Crippen molar-refractivity contribution in [3.8, 4) is 0 Å². The molecule has 0 aliphatic carbocycles. The van der Waals surface area contributed by atoms with E-state index in [4.69, 9.17) is 14.2 Å². The normalized spacial score (nSPS) is 13.4. The van der Waals surface area contributed by atoms with Crippen molar-refractivity contribution >= 4 is 17.9 Å². The molecule has 0 heterocycles. The van der Waals surface area contributed by atoms with Crippen LogP contribution in [0.3, 0.4) is 0 Å². The molecule has 0 bridgehead atoms. The number of aliphatic carboxylic acids is 1. The van der Waals surface area contributed by atoms with Crippen LogP contribution in [0.15, 0.2) is 72.9 Å². The van der Waals surface area contributed by atoms with Crippen molar-refractivity contribution in [2.45, 2.75) is 244 Å². The second-order valence-corrected chi connectivity index (χ2v) is 19.5. The van der Waals surface area contributed by atoms with Gasteiger partial charge in [0.25, 0.3) is 0 Å². The van der Waals surface area contributed by atoms with Gasteiger partial charge in [0.2, 0.25) is 0 Å². The number of unbranched alkanes of at least 4 members (excludes halogenated alkanes) is 23. The van der Waals surface area contributed by atoms with Gasteiger partial charge in [0.05, 0.1) is 34.4 Å². The molecule has 0 saturated heterocycles. The Bertz CT molecular complexity index is 1320. The summed E-state index contributed by atoms with van der Waals surface area (Å²) in [5.41, 5.74) is 0. The van der Waals surface area contributed by atoms with E-state index in [1.807, 2.05) is 21.1 Å². The van der Waals surface area contributed by atoms with Gasteiger partial charge in [0.15, 0.2) is 12.1 Å². The molecular weight excluding hydrogens is 835 g/mol. The smallest absolute Gasteiger partial charge is 0.362 e. The van der Waals surface area contributed by atoms with Gasteiger partial charge in [-0.05, 0) is 83.5 Å². The third kappa shape index (κ3) is 47.6. The number of ether oxygens (including phenoxy) is 3. The predicted molar refractivity (Wildman–Crippen MR) is 284 cm³/mol. The fraction of sp³-hybridized carbons (Fsp3) is 0.746. The third-order valence-corrected chi connectivity index (χ3v) is 12.1. The zero-order valence-corrected chi connectivity index (χ0v) is 44.1. The number of quaternary nitrogens is 1. The molecule has 0 fully saturated rings. The monoisotopic (exact) mass is 939 g/mol. The average Bonchev–Trinajstić information content (AvgIpc) is 3.29. The minimum atomic E-state index is -0.878. The fourth-order valence-corrected chi connectivity index (χ4v) is 7.88. The number of nitrogens with zero attached hydrogens (tertiary/aromatic N) is 1. The van der Waals surface area contributed by atoms with Crippen LogP contribution in [0.25, 0.3) is 0 Å². The quantitative estimate of drug-likeness (QED) is 0.0281. The number of allylic oxidation sites excluding steroid dienone is 12. The second kappa shape index (κ2) is 49.2. The first-order valence-electron chi connectivity index (χ1n) is 27.5. The van der Waals surface area contributed by atoms with E-state index in [0.717, 1.165) is 83.5 Å². The molecule has 0 aromatic rings. The Balaban J connectivity index is 4.25. The minimum absolute atomic E-state index is 0.0528. The van der Waals surface area contributed by atoms with Crippen molar-refractivity contribution in [1.29, 1.82) is 0 Å². The summed E-state index contributed by atoms with van der Waals surface area (Å²) in [7, 11) is 5.53. The van der Waals surface area contributed by atoms with Gasteiger partial charge in [-0.2, -0.15) is 0 Å². The van der Waals surface area contributed by atoms with Gasteiger partial charge >= 0.3 is 17.9 Å². The highest BCUT2D eigenvalue weighted by atomic mass is 16.6. The van der Waals surface area contributed by atoms with Crippen LogP contribution in [0.1, 0.15) is 232 Å². The molecule has 0 aliphatic heterocycles. The number of carboxylic acid groups (broad SMARTS) is 1. The molecule has 386 valence electrons. The van der Waals surface area contributed by atoms with Gasteiger partial charge in [0.1, 0.15) is 6.61 Å². The summed E-state index contributed by atoms with van der Waals surface area (Å²) in [4.78, 5) is 37.2. The first-order chi connectivity index (χ1) is 32.6. The fourth-order valence-electron chi connectivity index (χ4n) is 7.88. The summed E-state index contributed by atoms with van der Waals surface area (Å²) < 4.78 is 17.4. The lowest BCUT2D eigenvalue weighted by atomic mass is 10.1. The van der Waals surface area contributed by atoms with E-state index in [1.165, 1.54) is 116 Å². The number of likely N-dealkylation sites (N-methyl/N-ethyl adjacent to an activating group) is 1. The van der Waals surface area contributed by atoms with Gasteiger partial charge in [-0.3, -0.25) is 9.59 Å². The zero-order valence-electron chi connectivity index (χ0n) is 44.1. The molecule has 0 spiro atoms. The SMILES string of the molecule is CC/C=C/C/C=C/C/C=C/C/C=C/C/C=C/CCCCCCCCCC(=O)OC(COCCC(C(=O)O)[N+](C)(C)C)COC(=O)CCCCCCCCC/C=C/CCCCCCCCCCC. The Hall–Kier alpha value is -3.23. The van der Waals surface area contributed by atoms with Crippen molar-refractivity contribution in [2.24, 2.45) is 0 Å². The molecule has 2 atom stereocenters. The molecule has 2 unspecified atom stereocenters. The van der Waals surface area contributed by atoms with E-state index in [1.54, 1.807) is 0 Å². The summed E-state index contributed by atoms with van der Waals surface area (Å²) in [5, 5.41) is 9.67. The van der Waals surface area contributed by atoms with Crippen LogP contribution in [0.5, 0.6) is 0 Å². The maximum Gasteiger partial charge on any atom is 0.362 e. The lowest BCUT2D eigenvalue weighted by molar-refractivity contribution is -0.887. The highest BCUT2D eigenvalue weighted by Gasteiger charge is 2.31. The predicted octanol–water partition coefficient (Wildman–Crippen LogP) is 16.3. The van der Waals surface area contributed by atoms with Gasteiger partial charge in [-0.25, -0.2) is 4.79 Å². The second-order valence-electron chi connectivity index (χ2n) is 19.5. The van der Waals surface area contributed by atoms with Crippen LogP contribution < -0.4 is 0 Å². The van der Waals surface area contributed by atoms with E-state index in [0.29, 0.717) is 19.3 Å². The van der Waals surface area contributed by atoms with E-state index in [9.17, 15) is 19.5 Å². The molecule has 8 nitrogen and oxygen atoms in total. The average molecular weight is 939 g/mol. The van der Waals surface area contributed by atoms with E-state index in [2.05, 4.69) is 86.8 Å². The largest absolute Gasteiger partial charge is 0.477 e. The number of hydrogen-bond donors (Lipinski definition) is 1. The first kappa shape index (κ1) is 63.8. The van der Waals surface area contributed by atoms with Gasteiger partial charge < -0.3 is 23.8 Å². The third-order valence-electron chi connectivity index (χ3n) is 12.1. The van der Waals surface area contributed by atoms with Crippen LogP contribution in [0.2, 0.25) is 0 Å². The standard InChI is InChI=1S/C59H103NO7/c1-6-8-10-12-14-16-18-20-22-24-26-28-29-30-32-34-36-38-40-42-44-46-48-50-58(62)67-55(53-65-52-51-56(59(63)64)60(3,4)5)54-66-57(61)49-47-45-43-41-39-37-35-33-31-27-25-23-21-19-17-15-13-11-9-7-2/h8,10,14,16,20,22,26-28,30-32,55-56H,6-7,9,11-13,15,17-19,21,23-25,29,33-54H2,1-5H3/p+1/b10-8+,16-14+,22-20+,28-26+,31-27+,32-30+. The number of rotatable bonds is 49. The molecular formula is C59H104NO7+. The Morgan fingerprint density at radius 3 is 1.25 bits per heavy atom. The van der Waals surface area contributed by atoms with Crippen LogP contribution in [-0.2, 0) is 28.6 Å². The van der Waals surface area contributed by atoms with Crippen molar-refractivity contribution < 1.29 is 38.2 Å². The summed E-state index contributed by atoms with van der Waals surface area (Å²) in [6, 6.07) is -0.621. The van der Waals surface area contributed by atoms with Crippen molar-refractivity contribution in [3.63, 3.8) is 0 Å². The van der Waals surface area contributed by atoms with Crippen LogP contribution in [0.4, 0.5) is 0 Å². The molecule has 0 radical (unpaired) electrons. The zero-order chi connectivity index (χ0) is 49.2. The molecule has 67 heavy (non-hydrogen) atoms. The van der Waals surface area contributed by atoms with Crippen molar-refractivity contribution in [3.05, 3.63) is 72.9 Å². The van der Waals surface area contributed by atoms with Gasteiger partial charge in [-0.15, -0.1) is 0 Å². The molecule has 1 N–H and O–H groups in total. The molecule has 0 rings (SSSR count).